The predicted octanol–water partition coefficient (Wildman–Crippen LogP) is 3.79. The second kappa shape index (κ2) is 9.74. The van der Waals surface area contributed by atoms with E-state index in [0.717, 1.165) is 0 Å². The molecule has 0 saturated heterocycles. The number of benzene rings is 2. The molecule has 0 atom stereocenters. The SMILES string of the molecule is N#CCCC(CCC#N)(C(=O)Oc1ccccc1)C(=O)Oc1ccccc1. The Morgan fingerprint density at radius 2 is 1.11 bits per heavy atom. The fourth-order valence-corrected chi connectivity index (χ4v) is 2.54. The van der Waals surface area contributed by atoms with Gasteiger partial charge in [0.05, 0.1) is 12.1 Å². The van der Waals surface area contributed by atoms with Crippen LogP contribution < -0.4 is 9.47 Å². The average Bonchev–Trinajstić information content (AvgIpc) is 2.70. The summed E-state index contributed by atoms with van der Waals surface area (Å²) in [6, 6.07) is 20.5. The summed E-state index contributed by atoms with van der Waals surface area (Å²) in [5, 5.41) is 18.0. The standard InChI is InChI=1S/C21H18N2O4/c22-15-7-13-21(14-8-16-23,19(24)26-17-9-3-1-4-10-17)20(25)27-18-11-5-2-6-12-18/h1-6,9-12H,7-8,13-14H2. The van der Waals surface area contributed by atoms with Crippen LogP contribution >= 0.6 is 0 Å². The van der Waals surface area contributed by atoms with Gasteiger partial charge in [0.1, 0.15) is 11.5 Å². The molecule has 0 amide bonds. The maximum absolute atomic E-state index is 12.9. The van der Waals surface area contributed by atoms with Crippen LogP contribution in [0.2, 0.25) is 0 Å². The van der Waals surface area contributed by atoms with Crippen molar-refractivity contribution in [1.82, 2.24) is 0 Å². The maximum atomic E-state index is 12.9. The lowest BCUT2D eigenvalue weighted by atomic mass is 9.79. The Labute approximate surface area is 157 Å². The lowest BCUT2D eigenvalue weighted by Gasteiger charge is -2.27. The Balaban J connectivity index is 2.34. The molecule has 0 heterocycles. The van der Waals surface area contributed by atoms with Gasteiger partial charge < -0.3 is 9.47 Å². The zero-order valence-corrected chi connectivity index (χ0v) is 14.6. The summed E-state index contributed by atoms with van der Waals surface area (Å²) >= 11 is 0. The smallest absolute Gasteiger partial charge is 0.328 e. The van der Waals surface area contributed by atoms with Crippen LogP contribution in [0.3, 0.4) is 0 Å². The van der Waals surface area contributed by atoms with Crippen molar-refractivity contribution >= 4 is 11.9 Å². The number of rotatable bonds is 8. The number of carbonyl (C=O) groups excluding carboxylic acids is 2. The first kappa shape index (κ1) is 19.7. The molecule has 2 rings (SSSR count). The summed E-state index contributed by atoms with van der Waals surface area (Å²) in [6.07, 6.45) is -0.302. The molecule has 0 aliphatic heterocycles. The van der Waals surface area contributed by atoms with Gasteiger partial charge in [0.25, 0.3) is 0 Å². The Morgan fingerprint density at radius 3 is 1.44 bits per heavy atom. The first-order valence-electron chi connectivity index (χ1n) is 8.41. The zero-order chi connectivity index (χ0) is 19.5. The van der Waals surface area contributed by atoms with Crippen molar-refractivity contribution in [3.63, 3.8) is 0 Å². The molecular weight excluding hydrogens is 344 g/mol. The van der Waals surface area contributed by atoms with Gasteiger partial charge in [-0.1, -0.05) is 36.4 Å². The fourth-order valence-electron chi connectivity index (χ4n) is 2.54. The molecule has 0 unspecified atom stereocenters. The largest absolute Gasteiger partial charge is 0.426 e. The molecule has 0 aliphatic carbocycles. The maximum Gasteiger partial charge on any atom is 0.328 e. The third kappa shape index (κ3) is 5.17. The van der Waals surface area contributed by atoms with Crippen LogP contribution in [0.25, 0.3) is 0 Å². The first-order valence-corrected chi connectivity index (χ1v) is 8.41. The molecule has 136 valence electrons. The highest BCUT2D eigenvalue weighted by Crippen LogP contribution is 2.34. The molecule has 0 saturated carbocycles. The van der Waals surface area contributed by atoms with Gasteiger partial charge in [0, 0.05) is 12.8 Å². The Kier molecular flexibility index (Phi) is 7.10. The number of nitrogens with zero attached hydrogens (tertiary/aromatic N) is 2. The third-order valence-corrected chi connectivity index (χ3v) is 4.02. The molecule has 0 bridgehead atoms. The van der Waals surface area contributed by atoms with E-state index in [-0.39, 0.29) is 37.2 Å². The van der Waals surface area contributed by atoms with E-state index in [0.29, 0.717) is 0 Å². The molecule has 0 N–H and O–H groups in total. The monoisotopic (exact) mass is 362 g/mol. The van der Waals surface area contributed by atoms with Crippen molar-refractivity contribution in [3.8, 4) is 23.6 Å². The minimum Gasteiger partial charge on any atom is -0.426 e. The van der Waals surface area contributed by atoms with Crippen molar-refractivity contribution in [3.05, 3.63) is 60.7 Å². The van der Waals surface area contributed by atoms with Crippen LogP contribution in [0.4, 0.5) is 0 Å². The lowest BCUT2D eigenvalue weighted by molar-refractivity contribution is -0.162. The normalized spacial score (nSPS) is 10.3. The Bertz CT molecular complexity index is 778. The highest BCUT2D eigenvalue weighted by atomic mass is 16.6. The second-order valence-corrected chi connectivity index (χ2v) is 5.80. The second-order valence-electron chi connectivity index (χ2n) is 5.80. The van der Waals surface area contributed by atoms with Crippen molar-refractivity contribution < 1.29 is 19.1 Å². The fraction of sp³-hybridized carbons (Fsp3) is 0.238. The highest BCUT2D eigenvalue weighted by molar-refractivity contribution is 6.01. The van der Waals surface area contributed by atoms with Crippen molar-refractivity contribution in [2.24, 2.45) is 5.41 Å². The van der Waals surface area contributed by atoms with Gasteiger partial charge in [-0.2, -0.15) is 10.5 Å². The summed E-state index contributed by atoms with van der Waals surface area (Å²) < 4.78 is 10.7. The summed E-state index contributed by atoms with van der Waals surface area (Å²) in [5.41, 5.74) is -1.74. The minimum absolute atomic E-state index is 0.0563. The summed E-state index contributed by atoms with van der Waals surface area (Å²) in [5.74, 6) is -1.12. The van der Waals surface area contributed by atoms with E-state index >= 15 is 0 Å². The summed E-state index contributed by atoms with van der Waals surface area (Å²) in [6.45, 7) is 0. The Morgan fingerprint density at radius 1 is 0.741 bits per heavy atom. The number of nitriles is 2. The van der Waals surface area contributed by atoms with Crippen molar-refractivity contribution in [2.75, 3.05) is 0 Å². The molecule has 6 nitrogen and oxygen atoms in total. The molecule has 2 aromatic rings. The van der Waals surface area contributed by atoms with Gasteiger partial charge in [-0.25, -0.2) is 0 Å². The molecule has 0 radical (unpaired) electrons. The van der Waals surface area contributed by atoms with Crippen LogP contribution in [0.5, 0.6) is 11.5 Å². The zero-order valence-electron chi connectivity index (χ0n) is 14.6. The van der Waals surface area contributed by atoms with E-state index in [1.165, 1.54) is 0 Å². The van der Waals surface area contributed by atoms with E-state index in [1.807, 2.05) is 12.1 Å². The molecule has 2 aromatic carbocycles. The third-order valence-electron chi connectivity index (χ3n) is 4.02. The quantitative estimate of drug-likeness (QED) is 0.402. The number of para-hydroxylation sites is 2. The molecular formula is C21H18N2O4. The molecule has 0 fully saturated rings. The van der Waals surface area contributed by atoms with E-state index in [9.17, 15) is 9.59 Å². The molecule has 0 aliphatic rings. The van der Waals surface area contributed by atoms with Gasteiger partial charge in [0.2, 0.25) is 0 Å². The predicted molar refractivity (Wildman–Crippen MR) is 96.3 cm³/mol. The molecule has 27 heavy (non-hydrogen) atoms. The van der Waals surface area contributed by atoms with Gasteiger partial charge in [-0.15, -0.1) is 0 Å². The number of hydrogen-bond donors (Lipinski definition) is 0. The number of hydrogen-bond acceptors (Lipinski definition) is 6. The topological polar surface area (TPSA) is 100 Å². The number of esters is 2. The summed E-state index contributed by atoms with van der Waals surface area (Å²) in [4.78, 5) is 25.9. The van der Waals surface area contributed by atoms with E-state index < -0.39 is 17.4 Å². The van der Waals surface area contributed by atoms with E-state index in [2.05, 4.69) is 0 Å². The van der Waals surface area contributed by atoms with Crippen LogP contribution in [-0.4, -0.2) is 11.9 Å². The first-order chi connectivity index (χ1) is 13.1. The van der Waals surface area contributed by atoms with Gasteiger partial charge >= 0.3 is 11.9 Å². The van der Waals surface area contributed by atoms with Crippen LogP contribution in [-0.2, 0) is 9.59 Å². The van der Waals surface area contributed by atoms with Gasteiger partial charge in [-0.05, 0) is 37.1 Å². The molecule has 6 heteroatoms. The lowest BCUT2D eigenvalue weighted by Crippen LogP contribution is -2.44. The van der Waals surface area contributed by atoms with Crippen LogP contribution in [0.15, 0.2) is 60.7 Å². The Hall–Kier alpha value is -3.64. The van der Waals surface area contributed by atoms with E-state index in [1.54, 1.807) is 60.7 Å². The van der Waals surface area contributed by atoms with Crippen LogP contribution in [0.1, 0.15) is 25.7 Å². The van der Waals surface area contributed by atoms with Gasteiger partial charge in [-0.3, -0.25) is 9.59 Å². The average molecular weight is 362 g/mol. The number of carbonyl (C=O) groups is 2. The van der Waals surface area contributed by atoms with Gasteiger partial charge in [0.15, 0.2) is 5.41 Å². The summed E-state index contributed by atoms with van der Waals surface area (Å²) in [7, 11) is 0. The molecule has 0 spiro atoms. The minimum atomic E-state index is -1.74. The van der Waals surface area contributed by atoms with Crippen molar-refractivity contribution in [1.29, 1.82) is 10.5 Å². The van der Waals surface area contributed by atoms with Crippen LogP contribution in [0, 0.1) is 28.1 Å². The highest BCUT2D eigenvalue weighted by Gasteiger charge is 2.48. The van der Waals surface area contributed by atoms with E-state index in [4.69, 9.17) is 20.0 Å². The van der Waals surface area contributed by atoms with Crippen molar-refractivity contribution in [2.45, 2.75) is 25.7 Å². The number of ether oxygens (including phenoxy) is 2. The molecule has 0 aromatic heterocycles.